The maximum atomic E-state index is 11.9. The van der Waals surface area contributed by atoms with Crippen LogP contribution >= 0.6 is 11.3 Å². The zero-order valence-electron chi connectivity index (χ0n) is 13.0. The van der Waals surface area contributed by atoms with Crippen molar-refractivity contribution in [1.82, 2.24) is 15.6 Å². The Labute approximate surface area is 134 Å². The van der Waals surface area contributed by atoms with Crippen molar-refractivity contribution in [3.63, 3.8) is 0 Å². The van der Waals surface area contributed by atoms with Crippen LogP contribution in [0.15, 0.2) is 35.8 Å². The summed E-state index contributed by atoms with van der Waals surface area (Å²) >= 11 is 1.52. The van der Waals surface area contributed by atoms with Gasteiger partial charge in [-0.3, -0.25) is 0 Å². The van der Waals surface area contributed by atoms with E-state index in [0.29, 0.717) is 6.54 Å². The second kappa shape index (κ2) is 7.79. The van der Waals surface area contributed by atoms with Crippen molar-refractivity contribution in [2.24, 2.45) is 0 Å². The van der Waals surface area contributed by atoms with Crippen molar-refractivity contribution < 1.29 is 9.53 Å². The molecule has 2 rings (SSSR count). The number of thiazole rings is 1. The number of rotatable bonds is 6. The number of nitrogens with zero attached hydrogens (tertiary/aromatic N) is 1. The molecule has 5 nitrogen and oxygen atoms in total. The molecule has 0 fully saturated rings. The largest absolute Gasteiger partial charge is 0.489 e. The summed E-state index contributed by atoms with van der Waals surface area (Å²) in [6.45, 7) is 6.28. The first kappa shape index (κ1) is 16.3. The van der Waals surface area contributed by atoms with E-state index in [1.807, 2.05) is 50.4 Å². The number of aryl methyl sites for hydroxylation is 1. The highest BCUT2D eigenvalue weighted by atomic mass is 32.1. The van der Waals surface area contributed by atoms with Crippen molar-refractivity contribution in [3.05, 3.63) is 46.4 Å². The lowest BCUT2D eigenvalue weighted by Gasteiger charge is -2.17. The Kier molecular flexibility index (Phi) is 5.77. The van der Waals surface area contributed by atoms with Crippen molar-refractivity contribution in [2.45, 2.75) is 32.9 Å². The van der Waals surface area contributed by atoms with Crippen LogP contribution in [-0.4, -0.2) is 23.7 Å². The summed E-state index contributed by atoms with van der Waals surface area (Å²) in [6.07, 6.45) is 1.62. The maximum absolute atomic E-state index is 11.9. The normalized spacial score (nSPS) is 13.2. The van der Waals surface area contributed by atoms with Crippen LogP contribution in [0.25, 0.3) is 0 Å². The average Bonchev–Trinajstić information content (AvgIpc) is 2.99. The Balaban J connectivity index is 1.73. The summed E-state index contributed by atoms with van der Waals surface area (Å²) in [7, 11) is 0. The van der Waals surface area contributed by atoms with Gasteiger partial charge >= 0.3 is 6.03 Å². The molecule has 0 aliphatic heterocycles. The molecule has 1 heterocycles. The van der Waals surface area contributed by atoms with Gasteiger partial charge in [0.05, 0.1) is 12.6 Å². The average molecular weight is 319 g/mol. The van der Waals surface area contributed by atoms with Crippen LogP contribution < -0.4 is 15.4 Å². The van der Waals surface area contributed by atoms with Crippen molar-refractivity contribution in [1.29, 1.82) is 0 Å². The summed E-state index contributed by atoms with van der Waals surface area (Å²) in [5.41, 5.74) is 1.15. The van der Waals surface area contributed by atoms with Crippen LogP contribution in [0.5, 0.6) is 5.75 Å². The van der Waals surface area contributed by atoms with E-state index in [2.05, 4.69) is 15.6 Å². The molecule has 2 N–H and O–H groups in total. The van der Waals surface area contributed by atoms with Crippen molar-refractivity contribution in [3.8, 4) is 5.75 Å². The van der Waals surface area contributed by atoms with E-state index in [9.17, 15) is 4.79 Å². The van der Waals surface area contributed by atoms with E-state index in [4.69, 9.17) is 4.74 Å². The molecule has 6 heteroatoms. The monoisotopic (exact) mass is 319 g/mol. The molecule has 1 aromatic carbocycles. The van der Waals surface area contributed by atoms with Gasteiger partial charge in [0.15, 0.2) is 0 Å². The summed E-state index contributed by atoms with van der Waals surface area (Å²) in [6, 6.07) is 7.53. The topological polar surface area (TPSA) is 63.2 Å². The number of urea groups is 1. The minimum absolute atomic E-state index is 0.104. The first-order valence-corrected chi connectivity index (χ1v) is 8.09. The molecule has 0 radical (unpaired) electrons. The fourth-order valence-corrected chi connectivity index (χ4v) is 2.60. The molecular formula is C16H21N3O2S. The highest BCUT2D eigenvalue weighted by Gasteiger charge is 2.12. The molecule has 0 bridgehead atoms. The van der Waals surface area contributed by atoms with Crippen molar-refractivity contribution >= 4 is 17.4 Å². The molecule has 0 unspecified atom stereocenters. The Morgan fingerprint density at radius 1 is 1.41 bits per heavy atom. The van der Waals surface area contributed by atoms with E-state index in [-0.39, 0.29) is 18.2 Å². The number of hydrogen-bond donors (Lipinski definition) is 2. The minimum atomic E-state index is -0.220. The first-order chi connectivity index (χ1) is 10.5. The first-order valence-electron chi connectivity index (χ1n) is 7.21. The summed E-state index contributed by atoms with van der Waals surface area (Å²) in [5, 5.41) is 8.45. The molecule has 118 valence electrons. The Bertz CT molecular complexity index is 601. The van der Waals surface area contributed by atoms with Crippen LogP contribution in [0.2, 0.25) is 0 Å². The predicted octanol–water partition coefficient (Wildman–Crippen LogP) is 3.28. The lowest BCUT2D eigenvalue weighted by atomic mass is 10.2. The predicted molar refractivity (Wildman–Crippen MR) is 88.3 cm³/mol. The fourth-order valence-electron chi connectivity index (χ4n) is 1.96. The second-order valence-electron chi connectivity index (χ2n) is 5.19. The number of amides is 2. The lowest BCUT2D eigenvalue weighted by Crippen LogP contribution is -2.41. The summed E-state index contributed by atoms with van der Waals surface area (Å²) < 4.78 is 5.77. The Morgan fingerprint density at radius 2 is 2.23 bits per heavy atom. The number of carbonyl (C=O) groups excluding carboxylic acids is 1. The van der Waals surface area contributed by atoms with E-state index in [1.165, 1.54) is 11.3 Å². The number of aromatic nitrogens is 1. The van der Waals surface area contributed by atoms with Crippen LogP contribution in [0.4, 0.5) is 4.79 Å². The molecule has 0 saturated heterocycles. The molecule has 0 spiro atoms. The standard InChI is InChI=1S/C16H21N3O2S/c1-11-5-4-6-14(9-11)21-12(2)10-18-16(20)19-13(3)15-17-7-8-22-15/h4-9,12-13H,10H2,1-3H3,(H2,18,19,20)/t12-,13+/m0/s1. The van der Waals surface area contributed by atoms with Crippen LogP contribution in [0.1, 0.15) is 30.5 Å². The zero-order chi connectivity index (χ0) is 15.9. The number of hydrogen-bond acceptors (Lipinski definition) is 4. The molecule has 0 aliphatic rings. The fraction of sp³-hybridized carbons (Fsp3) is 0.375. The van der Waals surface area contributed by atoms with Crippen molar-refractivity contribution in [2.75, 3.05) is 6.54 Å². The Morgan fingerprint density at radius 3 is 2.91 bits per heavy atom. The van der Waals surface area contributed by atoms with E-state index in [1.54, 1.807) is 6.20 Å². The van der Waals surface area contributed by atoms with Gasteiger partial charge in [0.1, 0.15) is 16.9 Å². The molecule has 0 saturated carbocycles. The number of carbonyl (C=O) groups is 1. The zero-order valence-corrected chi connectivity index (χ0v) is 13.8. The van der Waals surface area contributed by atoms with Gasteiger partial charge in [-0.1, -0.05) is 12.1 Å². The van der Waals surface area contributed by atoms with E-state index >= 15 is 0 Å². The molecule has 2 amide bonds. The van der Waals surface area contributed by atoms with E-state index < -0.39 is 0 Å². The number of ether oxygens (including phenoxy) is 1. The smallest absolute Gasteiger partial charge is 0.315 e. The summed E-state index contributed by atoms with van der Waals surface area (Å²) in [5.74, 6) is 0.811. The molecule has 2 aromatic rings. The van der Waals surface area contributed by atoms with Gasteiger partial charge in [-0.05, 0) is 38.5 Å². The Hall–Kier alpha value is -2.08. The molecule has 2 atom stereocenters. The lowest BCUT2D eigenvalue weighted by molar-refractivity contribution is 0.206. The molecule has 1 aromatic heterocycles. The molecule has 22 heavy (non-hydrogen) atoms. The van der Waals surface area contributed by atoms with Gasteiger partial charge < -0.3 is 15.4 Å². The quantitative estimate of drug-likeness (QED) is 0.859. The number of nitrogens with one attached hydrogen (secondary N) is 2. The highest BCUT2D eigenvalue weighted by molar-refractivity contribution is 7.09. The van der Waals surface area contributed by atoms with Crippen LogP contribution in [-0.2, 0) is 0 Å². The maximum Gasteiger partial charge on any atom is 0.315 e. The third kappa shape index (κ3) is 5.04. The summed E-state index contributed by atoms with van der Waals surface area (Å²) in [4.78, 5) is 16.0. The van der Waals surface area contributed by atoms with Crippen LogP contribution in [0, 0.1) is 6.92 Å². The SMILES string of the molecule is Cc1cccc(O[C@@H](C)CNC(=O)N[C@H](C)c2nccs2)c1. The van der Waals surface area contributed by atoms with Gasteiger partial charge in [0.25, 0.3) is 0 Å². The van der Waals surface area contributed by atoms with Gasteiger partial charge in [0, 0.05) is 11.6 Å². The third-order valence-corrected chi connectivity index (χ3v) is 4.00. The van der Waals surface area contributed by atoms with Gasteiger partial charge in [-0.2, -0.15) is 0 Å². The molecular weight excluding hydrogens is 298 g/mol. The minimum Gasteiger partial charge on any atom is -0.489 e. The number of benzene rings is 1. The highest BCUT2D eigenvalue weighted by Crippen LogP contribution is 2.15. The van der Waals surface area contributed by atoms with Crippen LogP contribution in [0.3, 0.4) is 0 Å². The van der Waals surface area contributed by atoms with E-state index in [0.717, 1.165) is 16.3 Å². The van der Waals surface area contributed by atoms with Gasteiger partial charge in [-0.25, -0.2) is 9.78 Å². The second-order valence-corrected chi connectivity index (χ2v) is 6.12. The molecule has 0 aliphatic carbocycles. The third-order valence-electron chi connectivity index (χ3n) is 3.05. The van der Waals surface area contributed by atoms with Gasteiger partial charge in [-0.15, -0.1) is 11.3 Å². The van der Waals surface area contributed by atoms with Gasteiger partial charge in [0.2, 0.25) is 0 Å².